The smallest absolute Gasteiger partial charge is 0.332 e. The van der Waals surface area contributed by atoms with Crippen LogP contribution in [0.15, 0.2) is 24.3 Å². The summed E-state index contributed by atoms with van der Waals surface area (Å²) in [5.41, 5.74) is -0.386. The fourth-order valence-corrected chi connectivity index (χ4v) is 3.67. The molecule has 2 aliphatic heterocycles. The Labute approximate surface area is 152 Å². The van der Waals surface area contributed by atoms with Gasteiger partial charge < -0.3 is 9.80 Å². The van der Waals surface area contributed by atoms with E-state index < -0.39 is 11.7 Å². The number of hydrogen-bond acceptors (Lipinski definition) is 2. The summed E-state index contributed by atoms with van der Waals surface area (Å²) in [6.45, 7) is 2.83. The molecule has 26 heavy (non-hydrogen) atoms. The zero-order valence-corrected chi connectivity index (χ0v) is 14.9. The van der Waals surface area contributed by atoms with Gasteiger partial charge in [-0.3, -0.25) is 4.79 Å². The van der Waals surface area contributed by atoms with Gasteiger partial charge in [0.1, 0.15) is 0 Å². The van der Waals surface area contributed by atoms with Crippen molar-refractivity contribution >= 4 is 5.91 Å². The third kappa shape index (κ3) is 4.39. The summed E-state index contributed by atoms with van der Waals surface area (Å²) >= 11 is 0. The lowest BCUT2D eigenvalue weighted by Gasteiger charge is -2.28. The highest BCUT2D eigenvalue weighted by Crippen LogP contribution is 2.29. The van der Waals surface area contributed by atoms with Gasteiger partial charge in [0.2, 0.25) is 5.91 Å². The highest BCUT2D eigenvalue weighted by Gasteiger charge is 2.37. The van der Waals surface area contributed by atoms with Gasteiger partial charge in [-0.1, -0.05) is 24.3 Å². The van der Waals surface area contributed by atoms with Crippen molar-refractivity contribution in [2.24, 2.45) is 5.92 Å². The largest absolute Gasteiger partial charge is 0.416 e. The fraction of sp³-hybridized carbons (Fsp3) is 0.550. The monoisotopic (exact) mass is 364 g/mol. The number of nitrogens with zero attached hydrogens (tertiary/aromatic N) is 2. The molecule has 3 rings (SSSR count). The number of carbonyl (C=O) groups is 1. The van der Waals surface area contributed by atoms with Crippen LogP contribution in [0.2, 0.25) is 0 Å². The maximum absolute atomic E-state index is 12.8. The van der Waals surface area contributed by atoms with Crippen LogP contribution in [-0.2, 0) is 11.0 Å². The van der Waals surface area contributed by atoms with E-state index in [-0.39, 0.29) is 17.9 Å². The van der Waals surface area contributed by atoms with Crippen molar-refractivity contribution < 1.29 is 18.0 Å². The zero-order valence-electron chi connectivity index (χ0n) is 14.9. The normalized spacial score (nSPS) is 24.5. The van der Waals surface area contributed by atoms with Crippen LogP contribution >= 0.6 is 0 Å². The SMILES string of the molecule is CN1C(=O)C(CN2CCCCC2)CC1C#Cc1cccc(C(F)(F)F)c1. The number of alkyl halides is 3. The van der Waals surface area contributed by atoms with Crippen LogP contribution in [-0.4, -0.2) is 48.4 Å². The first-order valence-corrected chi connectivity index (χ1v) is 9.02. The van der Waals surface area contributed by atoms with Crippen LogP contribution in [0.4, 0.5) is 13.2 Å². The average Bonchev–Trinajstić information content (AvgIpc) is 2.88. The Morgan fingerprint density at radius 2 is 1.92 bits per heavy atom. The average molecular weight is 364 g/mol. The van der Waals surface area contributed by atoms with Gasteiger partial charge in [0.05, 0.1) is 17.5 Å². The Balaban J connectivity index is 1.67. The lowest BCUT2D eigenvalue weighted by molar-refractivity contribution is -0.137. The molecule has 2 atom stereocenters. The van der Waals surface area contributed by atoms with Crippen molar-refractivity contribution in [3.8, 4) is 11.8 Å². The molecule has 0 bridgehead atoms. The minimum atomic E-state index is -4.38. The number of rotatable bonds is 2. The molecular weight excluding hydrogens is 341 g/mol. The molecule has 1 aromatic rings. The first-order valence-electron chi connectivity index (χ1n) is 9.02. The molecule has 2 fully saturated rings. The van der Waals surface area contributed by atoms with Crippen LogP contribution in [0.5, 0.6) is 0 Å². The number of piperidine rings is 1. The van der Waals surface area contributed by atoms with Gasteiger partial charge in [-0.15, -0.1) is 0 Å². The summed E-state index contributed by atoms with van der Waals surface area (Å²) in [5, 5.41) is 0. The van der Waals surface area contributed by atoms with Crippen molar-refractivity contribution in [3.63, 3.8) is 0 Å². The minimum Gasteiger partial charge on any atom is -0.332 e. The minimum absolute atomic E-state index is 0.0705. The molecule has 2 heterocycles. The molecule has 0 aromatic heterocycles. The molecule has 1 amide bonds. The van der Waals surface area contributed by atoms with Crippen molar-refractivity contribution in [1.29, 1.82) is 0 Å². The third-order valence-corrected chi connectivity index (χ3v) is 5.17. The molecule has 2 aliphatic rings. The highest BCUT2D eigenvalue weighted by atomic mass is 19.4. The van der Waals surface area contributed by atoms with E-state index in [0.29, 0.717) is 12.0 Å². The fourth-order valence-electron chi connectivity index (χ4n) is 3.67. The third-order valence-electron chi connectivity index (χ3n) is 5.17. The van der Waals surface area contributed by atoms with E-state index in [9.17, 15) is 18.0 Å². The number of carbonyl (C=O) groups excluding carboxylic acids is 1. The van der Waals surface area contributed by atoms with Crippen molar-refractivity contribution in [3.05, 3.63) is 35.4 Å². The first kappa shape index (κ1) is 18.8. The van der Waals surface area contributed by atoms with Gasteiger partial charge in [0, 0.05) is 19.2 Å². The molecule has 0 aliphatic carbocycles. The highest BCUT2D eigenvalue weighted by molar-refractivity contribution is 5.82. The number of hydrogen-bond donors (Lipinski definition) is 0. The van der Waals surface area contributed by atoms with Crippen LogP contribution in [0, 0.1) is 17.8 Å². The number of benzene rings is 1. The summed E-state index contributed by atoms with van der Waals surface area (Å²) in [6.07, 6.45) is -0.139. The molecule has 0 radical (unpaired) electrons. The molecule has 2 unspecified atom stereocenters. The molecular formula is C20H23F3N2O. The Morgan fingerprint density at radius 3 is 2.62 bits per heavy atom. The van der Waals surface area contributed by atoms with E-state index in [1.165, 1.54) is 25.3 Å². The molecule has 0 spiro atoms. The van der Waals surface area contributed by atoms with Crippen LogP contribution in [0.1, 0.15) is 36.8 Å². The lowest BCUT2D eigenvalue weighted by atomic mass is 10.0. The van der Waals surface area contributed by atoms with E-state index >= 15 is 0 Å². The summed E-state index contributed by atoms with van der Waals surface area (Å²) < 4.78 is 38.4. The van der Waals surface area contributed by atoms with Gasteiger partial charge >= 0.3 is 6.18 Å². The maximum Gasteiger partial charge on any atom is 0.416 e. The summed E-state index contributed by atoms with van der Waals surface area (Å²) in [5.74, 6) is 5.82. The second-order valence-electron chi connectivity index (χ2n) is 7.11. The summed E-state index contributed by atoms with van der Waals surface area (Å²) in [4.78, 5) is 16.4. The van der Waals surface area contributed by atoms with Gasteiger partial charge in [0.25, 0.3) is 0 Å². The van der Waals surface area contributed by atoms with Crippen molar-refractivity contribution in [1.82, 2.24) is 9.80 Å². The predicted molar refractivity (Wildman–Crippen MR) is 93.3 cm³/mol. The molecule has 0 N–H and O–H groups in total. The second kappa shape index (κ2) is 7.71. The van der Waals surface area contributed by atoms with Gasteiger partial charge in [-0.05, 0) is 50.6 Å². The number of amides is 1. The number of halogens is 3. The van der Waals surface area contributed by atoms with Gasteiger partial charge in [-0.2, -0.15) is 13.2 Å². The lowest BCUT2D eigenvalue weighted by Crippen LogP contribution is -2.37. The van der Waals surface area contributed by atoms with Crippen molar-refractivity contribution in [2.45, 2.75) is 37.9 Å². The van der Waals surface area contributed by atoms with Crippen LogP contribution < -0.4 is 0 Å². The number of likely N-dealkylation sites (tertiary alicyclic amines) is 2. The molecule has 140 valence electrons. The zero-order chi connectivity index (χ0) is 18.7. The van der Waals surface area contributed by atoms with Crippen LogP contribution in [0.3, 0.4) is 0 Å². The Hall–Kier alpha value is -2.00. The van der Waals surface area contributed by atoms with Crippen LogP contribution in [0.25, 0.3) is 0 Å². The van der Waals surface area contributed by atoms with E-state index in [0.717, 1.165) is 31.8 Å². The topological polar surface area (TPSA) is 23.6 Å². The molecule has 6 heteroatoms. The summed E-state index contributed by atoms with van der Waals surface area (Å²) in [6, 6.07) is 4.76. The van der Waals surface area contributed by atoms with Gasteiger partial charge in [0.15, 0.2) is 0 Å². The van der Waals surface area contributed by atoms with Crippen molar-refractivity contribution in [2.75, 3.05) is 26.7 Å². The molecule has 0 saturated carbocycles. The molecule has 1 aromatic carbocycles. The maximum atomic E-state index is 12.8. The predicted octanol–water partition coefficient (Wildman–Crippen LogP) is 3.39. The van der Waals surface area contributed by atoms with E-state index in [4.69, 9.17) is 0 Å². The first-order chi connectivity index (χ1) is 12.3. The molecule has 3 nitrogen and oxygen atoms in total. The van der Waals surface area contributed by atoms with Gasteiger partial charge in [-0.25, -0.2) is 0 Å². The Bertz CT molecular complexity index is 714. The van der Waals surface area contributed by atoms with E-state index in [2.05, 4.69) is 16.7 Å². The molecule has 2 saturated heterocycles. The Kier molecular flexibility index (Phi) is 5.57. The summed E-state index contributed by atoms with van der Waals surface area (Å²) in [7, 11) is 1.73. The standard InChI is InChI=1S/C20H23F3N2O/c1-24-18(9-8-15-6-5-7-17(12-15)20(21,22)23)13-16(19(24)26)14-25-10-3-2-4-11-25/h5-7,12,16,18H,2-4,10-11,13-14H2,1H3. The van der Waals surface area contributed by atoms with E-state index in [1.54, 1.807) is 18.0 Å². The second-order valence-corrected chi connectivity index (χ2v) is 7.11. The van der Waals surface area contributed by atoms with E-state index in [1.807, 2.05) is 0 Å². The quantitative estimate of drug-likeness (QED) is 0.751. The Morgan fingerprint density at radius 1 is 1.19 bits per heavy atom.